The predicted molar refractivity (Wildman–Crippen MR) is 88.3 cm³/mol. The molecule has 5 nitrogen and oxygen atoms in total. The molecule has 1 amide bonds. The van der Waals surface area contributed by atoms with Crippen molar-refractivity contribution < 1.29 is 14.7 Å². The number of amides is 1. The van der Waals surface area contributed by atoms with Crippen molar-refractivity contribution in [2.75, 3.05) is 13.1 Å². The van der Waals surface area contributed by atoms with Gasteiger partial charge in [-0.1, -0.05) is 18.2 Å². The Labute approximate surface area is 135 Å². The lowest BCUT2D eigenvalue weighted by Crippen LogP contribution is -2.42. The lowest BCUT2D eigenvalue weighted by molar-refractivity contribution is -0.145. The van der Waals surface area contributed by atoms with E-state index < -0.39 is 11.9 Å². The molecule has 1 saturated heterocycles. The van der Waals surface area contributed by atoms with E-state index >= 15 is 0 Å². The van der Waals surface area contributed by atoms with E-state index in [-0.39, 0.29) is 5.91 Å². The molecule has 0 unspecified atom stereocenters. The number of carbonyl (C=O) groups is 2. The molecule has 1 aliphatic rings. The van der Waals surface area contributed by atoms with Gasteiger partial charge in [0, 0.05) is 36.7 Å². The standard InChI is InChI=1S/C18H22N2O3/c1-2-19-12-14(15-7-3-4-8-16(15)19)10-17(21)20-9-5-6-13(11-20)18(22)23/h3-4,7-8,12-13H,2,5-6,9-11H2,1H3,(H,22,23)/t13-/m1/s1. The van der Waals surface area contributed by atoms with Crippen LogP contribution in [0.5, 0.6) is 0 Å². The molecule has 1 aromatic carbocycles. The number of benzene rings is 1. The number of aromatic nitrogens is 1. The van der Waals surface area contributed by atoms with E-state index in [0.717, 1.165) is 29.4 Å². The first-order valence-electron chi connectivity index (χ1n) is 8.17. The molecule has 122 valence electrons. The number of nitrogens with zero attached hydrogens (tertiary/aromatic N) is 2. The monoisotopic (exact) mass is 314 g/mol. The summed E-state index contributed by atoms with van der Waals surface area (Å²) in [5.74, 6) is -1.20. The second-order valence-electron chi connectivity index (χ2n) is 6.15. The Hall–Kier alpha value is -2.30. The molecular weight excluding hydrogens is 292 g/mol. The number of carbonyl (C=O) groups excluding carboxylic acids is 1. The molecule has 1 aliphatic heterocycles. The molecule has 23 heavy (non-hydrogen) atoms. The van der Waals surface area contributed by atoms with Crippen molar-refractivity contribution in [3.63, 3.8) is 0 Å². The number of carboxylic acids is 1. The third-order valence-electron chi connectivity index (χ3n) is 4.68. The summed E-state index contributed by atoms with van der Waals surface area (Å²) in [6.07, 6.45) is 3.80. The van der Waals surface area contributed by atoms with Gasteiger partial charge in [-0.3, -0.25) is 9.59 Å². The van der Waals surface area contributed by atoms with Crippen molar-refractivity contribution in [3.8, 4) is 0 Å². The van der Waals surface area contributed by atoms with E-state index in [9.17, 15) is 9.59 Å². The van der Waals surface area contributed by atoms with Crippen molar-refractivity contribution in [2.45, 2.75) is 32.7 Å². The number of likely N-dealkylation sites (tertiary alicyclic amines) is 1. The summed E-state index contributed by atoms with van der Waals surface area (Å²) < 4.78 is 2.15. The van der Waals surface area contributed by atoms with Gasteiger partial charge in [0.2, 0.25) is 5.91 Å². The maximum atomic E-state index is 12.6. The Morgan fingerprint density at radius 2 is 2.09 bits per heavy atom. The lowest BCUT2D eigenvalue weighted by Gasteiger charge is -2.30. The average Bonchev–Trinajstić information content (AvgIpc) is 2.93. The molecule has 0 bridgehead atoms. The number of piperidine rings is 1. The van der Waals surface area contributed by atoms with Crippen LogP contribution >= 0.6 is 0 Å². The van der Waals surface area contributed by atoms with Gasteiger partial charge in [-0.05, 0) is 31.4 Å². The molecule has 0 saturated carbocycles. The third-order valence-corrected chi connectivity index (χ3v) is 4.68. The number of fused-ring (bicyclic) bond motifs is 1. The molecule has 2 heterocycles. The zero-order chi connectivity index (χ0) is 16.4. The van der Waals surface area contributed by atoms with Gasteiger partial charge >= 0.3 is 5.97 Å². The zero-order valence-corrected chi connectivity index (χ0v) is 13.4. The molecule has 3 rings (SSSR count). The minimum Gasteiger partial charge on any atom is -0.481 e. The van der Waals surface area contributed by atoms with Gasteiger partial charge in [0.05, 0.1) is 12.3 Å². The number of hydrogen-bond donors (Lipinski definition) is 1. The van der Waals surface area contributed by atoms with Crippen molar-refractivity contribution >= 4 is 22.8 Å². The Morgan fingerprint density at radius 3 is 2.83 bits per heavy atom. The maximum Gasteiger partial charge on any atom is 0.308 e. The number of aliphatic carboxylic acids is 1. The Kier molecular flexibility index (Phi) is 4.37. The number of para-hydroxylation sites is 1. The fourth-order valence-electron chi connectivity index (χ4n) is 3.41. The average molecular weight is 314 g/mol. The number of carboxylic acid groups (broad SMARTS) is 1. The van der Waals surface area contributed by atoms with Crippen LogP contribution in [0.25, 0.3) is 10.9 Å². The fraction of sp³-hybridized carbons (Fsp3) is 0.444. The molecule has 2 aromatic rings. The van der Waals surface area contributed by atoms with Gasteiger partial charge in [-0.2, -0.15) is 0 Å². The summed E-state index contributed by atoms with van der Waals surface area (Å²) in [4.78, 5) is 25.5. The summed E-state index contributed by atoms with van der Waals surface area (Å²) in [7, 11) is 0. The molecule has 0 spiro atoms. The highest BCUT2D eigenvalue weighted by Crippen LogP contribution is 2.23. The zero-order valence-electron chi connectivity index (χ0n) is 13.4. The van der Waals surface area contributed by atoms with Gasteiger partial charge in [0.15, 0.2) is 0 Å². The van der Waals surface area contributed by atoms with Crippen LogP contribution in [-0.2, 0) is 22.6 Å². The fourth-order valence-corrected chi connectivity index (χ4v) is 3.41. The maximum absolute atomic E-state index is 12.6. The molecule has 1 aromatic heterocycles. The summed E-state index contributed by atoms with van der Waals surface area (Å²) in [5, 5.41) is 10.3. The number of aryl methyl sites for hydroxylation is 1. The van der Waals surface area contributed by atoms with Crippen LogP contribution < -0.4 is 0 Å². The van der Waals surface area contributed by atoms with E-state index in [2.05, 4.69) is 17.6 Å². The lowest BCUT2D eigenvalue weighted by atomic mass is 9.97. The quantitative estimate of drug-likeness (QED) is 0.943. The van der Waals surface area contributed by atoms with E-state index in [1.807, 2.05) is 24.4 Å². The van der Waals surface area contributed by atoms with Crippen molar-refractivity contribution in [3.05, 3.63) is 36.0 Å². The first kappa shape index (κ1) is 15.6. The van der Waals surface area contributed by atoms with Crippen LogP contribution in [0.3, 0.4) is 0 Å². The smallest absolute Gasteiger partial charge is 0.308 e. The van der Waals surface area contributed by atoms with Crippen LogP contribution in [0.15, 0.2) is 30.5 Å². The number of hydrogen-bond acceptors (Lipinski definition) is 2. The van der Waals surface area contributed by atoms with Gasteiger partial charge in [0.25, 0.3) is 0 Å². The molecule has 5 heteroatoms. The van der Waals surface area contributed by atoms with Crippen LogP contribution in [0.4, 0.5) is 0 Å². The third kappa shape index (κ3) is 3.09. The minimum atomic E-state index is -0.801. The van der Waals surface area contributed by atoms with Crippen LogP contribution in [-0.4, -0.2) is 39.5 Å². The van der Waals surface area contributed by atoms with Crippen LogP contribution in [0, 0.1) is 5.92 Å². The second-order valence-corrected chi connectivity index (χ2v) is 6.15. The van der Waals surface area contributed by atoms with Crippen molar-refractivity contribution in [1.82, 2.24) is 9.47 Å². The number of rotatable bonds is 4. The minimum absolute atomic E-state index is 0.0231. The predicted octanol–water partition coefficient (Wildman–Crippen LogP) is 2.53. The molecule has 0 radical (unpaired) electrons. The van der Waals surface area contributed by atoms with Crippen molar-refractivity contribution in [1.29, 1.82) is 0 Å². The Bertz CT molecular complexity index is 735. The van der Waals surface area contributed by atoms with Gasteiger partial charge in [-0.15, -0.1) is 0 Å². The normalized spacial score (nSPS) is 18.3. The first-order chi connectivity index (χ1) is 11.1. The largest absolute Gasteiger partial charge is 0.481 e. The van der Waals surface area contributed by atoms with E-state index in [1.165, 1.54) is 0 Å². The summed E-state index contributed by atoms with van der Waals surface area (Å²) in [5.41, 5.74) is 2.16. The van der Waals surface area contributed by atoms with E-state index in [1.54, 1.807) is 4.90 Å². The SMILES string of the molecule is CCn1cc(CC(=O)N2CCC[C@@H](C(=O)O)C2)c2ccccc21. The Balaban J connectivity index is 1.79. The molecule has 1 fully saturated rings. The highest BCUT2D eigenvalue weighted by molar-refractivity contribution is 5.89. The molecule has 1 N–H and O–H groups in total. The van der Waals surface area contributed by atoms with Gasteiger partial charge < -0.3 is 14.6 Å². The molecule has 0 aliphatic carbocycles. The summed E-state index contributed by atoms with van der Waals surface area (Å²) in [6.45, 7) is 3.94. The Morgan fingerprint density at radius 1 is 1.30 bits per heavy atom. The van der Waals surface area contributed by atoms with Gasteiger partial charge in [0.1, 0.15) is 0 Å². The van der Waals surface area contributed by atoms with Crippen LogP contribution in [0.1, 0.15) is 25.3 Å². The van der Waals surface area contributed by atoms with E-state index in [4.69, 9.17) is 5.11 Å². The second kappa shape index (κ2) is 6.44. The summed E-state index contributed by atoms with van der Waals surface area (Å²) >= 11 is 0. The van der Waals surface area contributed by atoms with Crippen LogP contribution in [0.2, 0.25) is 0 Å². The highest BCUT2D eigenvalue weighted by atomic mass is 16.4. The highest BCUT2D eigenvalue weighted by Gasteiger charge is 2.28. The molecule has 1 atom stereocenters. The van der Waals surface area contributed by atoms with Crippen molar-refractivity contribution in [2.24, 2.45) is 5.92 Å². The summed E-state index contributed by atoms with van der Waals surface area (Å²) in [6, 6.07) is 8.09. The van der Waals surface area contributed by atoms with E-state index in [0.29, 0.717) is 25.9 Å². The first-order valence-corrected chi connectivity index (χ1v) is 8.17. The molecular formula is C18H22N2O3. The topological polar surface area (TPSA) is 62.5 Å². The van der Waals surface area contributed by atoms with Gasteiger partial charge in [-0.25, -0.2) is 0 Å².